The number of Topliss-reactive ketones (excluding diaryl/α,β-unsaturated/α-hetero) is 1. The standard InChI is InChI=1S/C23H21N3O2/c1-26-14-17(15-10-12-24-13-11-15)20(21(27)16-6-2-3-7-16)23(26)18-8-4-5-9-19(18)25-22(23)28/h2-13,16-17,20H,14H2,1H3,(H,25,28)/t17-,20+,23-/m0/s1. The predicted molar refractivity (Wildman–Crippen MR) is 107 cm³/mol. The lowest BCUT2D eigenvalue weighted by Crippen LogP contribution is -2.52. The fourth-order valence-electron chi connectivity index (χ4n) is 5.17. The van der Waals surface area contributed by atoms with Gasteiger partial charge in [0, 0.05) is 36.1 Å². The number of amides is 1. The maximum Gasteiger partial charge on any atom is 0.250 e. The number of carbonyl (C=O) groups is 2. The highest BCUT2D eigenvalue weighted by Crippen LogP contribution is 2.55. The second-order valence-electron chi connectivity index (χ2n) is 7.71. The van der Waals surface area contributed by atoms with Crippen LogP contribution in [0.1, 0.15) is 17.0 Å². The molecule has 0 saturated carbocycles. The Hall–Kier alpha value is -3.05. The van der Waals surface area contributed by atoms with Crippen LogP contribution in [0.5, 0.6) is 0 Å². The number of allylic oxidation sites excluding steroid dienone is 4. The molecule has 5 heteroatoms. The molecule has 3 atom stereocenters. The van der Waals surface area contributed by atoms with Crippen LogP contribution >= 0.6 is 0 Å². The summed E-state index contributed by atoms with van der Waals surface area (Å²) in [5.41, 5.74) is 1.74. The lowest BCUT2D eigenvalue weighted by molar-refractivity contribution is -0.136. The summed E-state index contributed by atoms with van der Waals surface area (Å²) in [5, 5.41) is 3.03. The number of aromatic nitrogens is 1. The first-order valence-corrected chi connectivity index (χ1v) is 9.55. The molecule has 0 unspecified atom stereocenters. The van der Waals surface area contributed by atoms with Crippen LogP contribution in [0.3, 0.4) is 0 Å². The van der Waals surface area contributed by atoms with E-state index in [1.54, 1.807) is 12.4 Å². The highest BCUT2D eigenvalue weighted by atomic mass is 16.2. The van der Waals surface area contributed by atoms with Gasteiger partial charge in [-0.05, 0) is 30.8 Å². The van der Waals surface area contributed by atoms with Crippen molar-refractivity contribution in [3.05, 3.63) is 84.2 Å². The van der Waals surface area contributed by atoms with Gasteiger partial charge < -0.3 is 5.32 Å². The molecule has 28 heavy (non-hydrogen) atoms. The quantitative estimate of drug-likeness (QED) is 0.901. The number of hydrogen-bond donors (Lipinski definition) is 1. The molecule has 1 aromatic heterocycles. The lowest BCUT2D eigenvalue weighted by atomic mass is 9.69. The van der Waals surface area contributed by atoms with Crippen molar-refractivity contribution in [2.24, 2.45) is 11.8 Å². The van der Waals surface area contributed by atoms with Gasteiger partial charge in [0.25, 0.3) is 0 Å². The number of rotatable bonds is 3. The minimum atomic E-state index is -0.994. The van der Waals surface area contributed by atoms with Gasteiger partial charge in [-0.3, -0.25) is 19.5 Å². The zero-order chi connectivity index (χ0) is 19.3. The molecule has 2 aromatic rings. The molecule has 3 aliphatic rings. The van der Waals surface area contributed by atoms with Crippen molar-refractivity contribution in [3.63, 3.8) is 0 Å². The van der Waals surface area contributed by atoms with Crippen molar-refractivity contribution in [3.8, 4) is 0 Å². The molecule has 0 bridgehead atoms. The molecule has 5 nitrogen and oxygen atoms in total. The van der Waals surface area contributed by atoms with E-state index in [0.29, 0.717) is 6.54 Å². The zero-order valence-corrected chi connectivity index (χ0v) is 15.6. The summed E-state index contributed by atoms with van der Waals surface area (Å²) >= 11 is 0. The van der Waals surface area contributed by atoms with E-state index in [2.05, 4.69) is 15.2 Å². The van der Waals surface area contributed by atoms with Gasteiger partial charge in [-0.25, -0.2) is 0 Å². The van der Waals surface area contributed by atoms with Gasteiger partial charge in [0.05, 0.1) is 11.8 Å². The molecule has 1 aliphatic carbocycles. The third kappa shape index (κ3) is 2.20. The minimum absolute atomic E-state index is 0.0835. The first-order chi connectivity index (χ1) is 13.6. The molecule has 1 fully saturated rings. The van der Waals surface area contributed by atoms with Gasteiger partial charge in [-0.2, -0.15) is 0 Å². The zero-order valence-electron chi connectivity index (χ0n) is 15.6. The Bertz CT molecular complexity index is 1000. The maximum absolute atomic E-state index is 13.8. The molecular formula is C23H21N3O2. The summed E-state index contributed by atoms with van der Waals surface area (Å²) in [6.07, 6.45) is 11.1. The van der Waals surface area contributed by atoms with Gasteiger partial charge in [-0.1, -0.05) is 42.5 Å². The Morgan fingerprint density at radius 3 is 2.61 bits per heavy atom. The number of ketones is 1. The van der Waals surface area contributed by atoms with E-state index >= 15 is 0 Å². The molecule has 2 aliphatic heterocycles. The van der Waals surface area contributed by atoms with Crippen LogP contribution in [0, 0.1) is 11.8 Å². The van der Waals surface area contributed by atoms with Gasteiger partial charge in [-0.15, -0.1) is 0 Å². The highest BCUT2D eigenvalue weighted by Gasteiger charge is 2.64. The third-order valence-corrected chi connectivity index (χ3v) is 6.37. The summed E-state index contributed by atoms with van der Waals surface area (Å²) in [6, 6.07) is 11.6. The predicted octanol–water partition coefficient (Wildman–Crippen LogP) is 2.89. The van der Waals surface area contributed by atoms with Gasteiger partial charge in [0.15, 0.2) is 0 Å². The number of hydrogen-bond acceptors (Lipinski definition) is 4. The summed E-state index contributed by atoms with van der Waals surface area (Å²) in [7, 11) is 1.95. The lowest BCUT2D eigenvalue weighted by Gasteiger charge is -2.36. The smallest absolute Gasteiger partial charge is 0.250 e. The Morgan fingerprint density at radius 2 is 1.86 bits per heavy atom. The molecule has 1 N–H and O–H groups in total. The first-order valence-electron chi connectivity index (χ1n) is 9.55. The van der Waals surface area contributed by atoms with Crippen LogP contribution in [0.15, 0.2) is 73.1 Å². The number of benzene rings is 1. The van der Waals surface area contributed by atoms with Gasteiger partial charge >= 0.3 is 0 Å². The van der Waals surface area contributed by atoms with E-state index in [0.717, 1.165) is 16.8 Å². The Labute approximate surface area is 163 Å². The van der Waals surface area contributed by atoms with E-state index in [9.17, 15) is 9.59 Å². The van der Waals surface area contributed by atoms with Crippen LogP contribution in [0.2, 0.25) is 0 Å². The van der Waals surface area contributed by atoms with E-state index in [4.69, 9.17) is 0 Å². The number of nitrogens with one attached hydrogen (secondary N) is 1. The van der Waals surface area contributed by atoms with Crippen molar-refractivity contribution >= 4 is 17.4 Å². The average molecular weight is 371 g/mol. The minimum Gasteiger partial charge on any atom is -0.324 e. The first kappa shape index (κ1) is 17.1. The largest absolute Gasteiger partial charge is 0.324 e. The monoisotopic (exact) mass is 371 g/mol. The maximum atomic E-state index is 13.8. The second-order valence-corrected chi connectivity index (χ2v) is 7.71. The number of nitrogens with zero attached hydrogens (tertiary/aromatic N) is 2. The Balaban J connectivity index is 1.71. The molecule has 1 saturated heterocycles. The fourth-order valence-corrected chi connectivity index (χ4v) is 5.17. The molecule has 1 amide bonds. The van der Waals surface area contributed by atoms with E-state index < -0.39 is 11.5 Å². The number of anilines is 1. The summed E-state index contributed by atoms with van der Waals surface area (Å²) in [5.74, 6) is -0.890. The van der Waals surface area contributed by atoms with Gasteiger partial charge in [0.2, 0.25) is 5.91 Å². The average Bonchev–Trinajstić information content (AvgIpc) is 3.42. The van der Waals surface area contributed by atoms with Crippen molar-refractivity contribution in [2.75, 3.05) is 18.9 Å². The van der Waals surface area contributed by atoms with Crippen molar-refractivity contribution < 1.29 is 9.59 Å². The van der Waals surface area contributed by atoms with Crippen molar-refractivity contribution in [2.45, 2.75) is 11.5 Å². The van der Waals surface area contributed by atoms with E-state index in [-0.39, 0.29) is 23.5 Å². The molecule has 0 radical (unpaired) electrons. The highest BCUT2D eigenvalue weighted by molar-refractivity contribution is 6.10. The topological polar surface area (TPSA) is 62.3 Å². The SMILES string of the molecule is CN1C[C@@H](c2ccncc2)[C@H](C(=O)C2C=CC=C2)[C@@]12C(=O)Nc1ccccc12. The van der Waals surface area contributed by atoms with Crippen LogP contribution in [-0.2, 0) is 15.1 Å². The van der Waals surface area contributed by atoms with Crippen molar-refractivity contribution in [1.82, 2.24) is 9.88 Å². The molecule has 140 valence electrons. The summed E-state index contributed by atoms with van der Waals surface area (Å²) < 4.78 is 0. The fraction of sp³-hybridized carbons (Fsp3) is 0.261. The number of para-hydroxylation sites is 1. The van der Waals surface area contributed by atoms with Crippen LogP contribution in [0.4, 0.5) is 5.69 Å². The Morgan fingerprint density at radius 1 is 1.14 bits per heavy atom. The number of carbonyl (C=O) groups excluding carboxylic acids is 2. The number of likely N-dealkylation sites (tertiary alicyclic amines) is 1. The normalized spacial score (nSPS) is 28.8. The number of likely N-dealkylation sites (N-methyl/N-ethyl adjacent to an activating group) is 1. The summed E-state index contributed by atoms with van der Waals surface area (Å²) in [6.45, 7) is 0.627. The second kappa shape index (κ2) is 6.24. The number of pyridine rings is 1. The van der Waals surface area contributed by atoms with Crippen LogP contribution < -0.4 is 5.32 Å². The molecule has 1 aromatic carbocycles. The molecule has 3 heterocycles. The Kier molecular flexibility index (Phi) is 3.81. The van der Waals surface area contributed by atoms with Gasteiger partial charge in [0.1, 0.15) is 11.3 Å². The van der Waals surface area contributed by atoms with E-state index in [1.165, 1.54) is 0 Å². The van der Waals surface area contributed by atoms with E-state index in [1.807, 2.05) is 67.7 Å². The molecule has 1 spiro atoms. The summed E-state index contributed by atoms with van der Waals surface area (Å²) in [4.78, 5) is 33.4. The van der Waals surface area contributed by atoms with Crippen molar-refractivity contribution in [1.29, 1.82) is 0 Å². The third-order valence-electron chi connectivity index (χ3n) is 6.37. The van der Waals surface area contributed by atoms with Crippen LogP contribution in [-0.4, -0.2) is 35.2 Å². The number of fused-ring (bicyclic) bond motifs is 2. The van der Waals surface area contributed by atoms with Crippen LogP contribution in [0.25, 0.3) is 0 Å². The molecule has 5 rings (SSSR count). The molecular weight excluding hydrogens is 350 g/mol.